The molecule has 1 aliphatic carbocycles. The molecule has 2 N–H and O–H groups in total. The van der Waals surface area contributed by atoms with Crippen LogP contribution >= 0.6 is 23.4 Å². The van der Waals surface area contributed by atoms with Gasteiger partial charge in [0.2, 0.25) is 0 Å². The number of benzene rings is 1. The summed E-state index contributed by atoms with van der Waals surface area (Å²) in [6.45, 7) is 2.30. The van der Waals surface area contributed by atoms with Crippen molar-refractivity contribution < 1.29 is 0 Å². The molecule has 19 heavy (non-hydrogen) atoms. The lowest BCUT2D eigenvalue weighted by Crippen LogP contribution is -2.35. The van der Waals surface area contributed by atoms with Crippen LogP contribution in [0, 0.1) is 11.8 Å². The van der Waals surface area contributed by atoms with Crippen LogP contribution in [0.4, 0.5) is 0 Å². The highest BCUT2D eigenvalue weighted by Crippen LogP contribution is 2.34. The van der Waals surface area contributed by atoms with Gasteiger partial charge in [0.25, 0.3) is 0 Å². The molecule has 1 nitrogen and oxygen atoms in total. The number of thioether (sulfide) groups is 1. The molecule has 0 radical (unpaired) electrons. The van der Waals surface area contributed by atoms with Crippen molar-refractivity contribution in [1.29, 1.82) is 0 Å². The first kappa shape index (κ1) is 15.2. The molecular weight excluding hydrogens is 274 g/mol. The molecule has 1 fully saturated rings. The Kier molecular flexibility index (Phi) is 6.06. The zero-order chi connectivity index (χ0) is 13.7. The first-order valence-corrected chi connectivity index (χ1v) is 8.70. The van der Waals surface area contributed by atoms with Gasteiger partial charge in [-0.15, -0.1) is 11.8 Å². The lowest BCUT2D eigenvalue weighted by atomic mass is 9.77. The first-order chi connectivity index (χ1) is 9.20. The first-order valence-electron chi connectivity index (χ1n) is 7.33. The quantitative estimate of drug-likeness (QED) is 0.776. The number of rotatable bonds is 5. The van der Waals surface area contributed by atoms with Crippen molar-refractivity contribution in [3.05, 3.63) is 29.3 Å². The third kappa shape index (κ3) is 4.40. The fraction of sp³-hybridized carbons (Fsp3) is 0.625. The van der Waals surface area contributed by atoms with Crippen LogP contribution in [0.25, 0.3) is 0 Å². The summed E-state index contributed by atoms with van der Waals surface area (Å²) in [6, 6.07) is 8.33. The molecule has 1 aromatic carbocycles. The lowest BCUT2D eigenvalue weighted by Gasteiger charge is -2.32. The SMILES string of the molecule is CCC1CCCC(C(N)CSc2ccccc2Cl)C1. The van der Waals surface area contributed by atoms with Gasteiger partial charge in [0.1, 0.15) is 0 Å². The molecule has 0 aliphatic heterocycles. The van der Waals surface area contributed by atoms with Gasteiger partial charge < -0.3 is 5.73 Å². The Morgan fingerprint density at radius 2 is 2.16 bits per heavy atom. The summed E-state index contributed by atoms with van der Waals surface area (Å²) in [7, 11) is 0. The standard InChI is InChI=1S/C16H24ClNS/c1-2-12-6-5-7-13(10-12)15(18)11-19-16-9-4-3-8-14(16)17/h3-4,8-9,12-13,15H,2,5-7,10-11,18H2,1H3. The molecule has 3 atom stereocenters. The fourth-order valence-corrected chi connectivity index (χ4v) is 4.30. The second-order valence-electron chi connectivity index (χ2n) is 5.61. The van der Waals surface area contributed by atoms with E-state index in [0.717, 1.165) is 21.6 Å². The van der Waals surface area contributed by atoms with Crippen molar-refractivity contribution >= 4 is 23.4 Å². The Morgan fingerprint density at radius 1 is 1.37 bits per heavy atom. The van der Waals surface area contributed by atoms with Crippen molar-refractivity contribution in [1.82, 2.24) is 0 Å². The summed E-state index contributed by atoms with van der Waals surface area (Å²) in [5, 5.41) is 0.842. The average molecular weight is 298 g/mol. The minimum atomic E-state index is 0.302. The maximum Gasteiger partial charge on any atom is 0.0541 e. The average Bonchev–Trinajstić information content (AvgIpc) is 2.46. The van der Waals surface area contributed by atoms with Crippen molar-refractivity contribution in [2.75, 3.05) is 5.75 Å². The molecule has 0 saturated heterocycles. The summed E-state index contributed by atoms with van der Waals surface area (Å²) in [6.07, 6.45) is 6.69. The van der Waals surface area contributed by atoms with Crippen LogP contribution in [0.2, 0.25) is 5.02 Å². The van der Waals surface area contributed by atoms with Gasteiger partial charge in [-0.2, -0.15) is 0 Å². The van der Waals surface area contributed by atoms with Gasteiger partial charge in [-0.05, 0) is 36.8 Å². The molecule has 0 amide bonds. The van der Waals surface area contributed by atoms with Gasteiger partial charge in [0.05, 0.1) is 5.02 Å². The highest BCUT2D eigenvalue weighted by atomic mass is 35.5. The van der Waals surface area contributed by atoms with Gasteiger partial charge in [-0.3, -0.25) is 0 Å². The smallest absolute Gasteiger partial charge is 0.0541 e. The number of hydrogen-bond acceptors (Lipinski definition) is 2. The Bertz CT molecular complexity index is 396. The fourth-order valence-electron chi connectivity index (χ4n) is 2.98. The molecule has 0 heterocycles. The highest BCUT2D eigenvalue weighted by molar-refractivity contribution is 7.99. The van der Waals surface area contributed by atoms with Crippen LogP contribution in [0.5, 0.6) is 0 Å². The number of hydrogen-bond donors (Lipinski definition) is 1. The predicted octanol–water partition coefficient (Wildman–Crippen LogP) is 4.98. The minimum absolute atomic E-state index is 0.302. The van der Waals surface area contributed by atoms with Gasteiger partial charge in [-0.1, -0.05) is 49.9 Å². The summed E-state index contributed by atoms with van der Waals surface area (Å²) >= 11 is 7.98. The molecule has 2 rings (SSSR count). The van der Waals surface area contributed by atoms with E-state index in [9.17, 15) is 0 Å². The Hall–Kier alpha value is -0.180. The molecule has 0 aromatic heterocycles. The Morgan fingerprint density at radius 3 is 2.89 bits per heavy atom. The monoisotopic (exact) mass is 297 g/mol. The van der Waals surface area contributed by atoms with E-state index in [0.29, 0.717) is 12.0 Å². The van der Waals surface area contributed by atoms with Crippen LogP contribution in [0.1, 0.15) is 39.0 Å². The van der Waals surface area contributed by atoms with Gasteiger partial charge in [0, 0.05) is 16.7 Å². The van der Waals surface area contributed by atoms with E-state index in [1.165, 1.54) is 32.1 Å². The maximum absolute atomic E-state index is 6.40. The predicted molar refractivity (Wildman–Crippen MR) is 85.9 cm³/mol. The molecule has 1 aliphatic rings. The van der Waals surface area contributed by atoms with Gasteiger partial charge >= 0.3 is 0 Å². The van der Waals surface area contributed by atoms with Crippen LogP contribution in [-0.4, -0.2) is 11.8 Å². The second-order valence-corrected chi connectivity index (χ2v) is 7.08. The van der Waals surface area contributed by atoms with Crippen LogP contribution < -0.4 is 5.73 Å². The Labute approximate surface area is 126 Å². The summed E-state index contributed by atoms with van der Waals surface area (Å²) in [4.78, 5) is 1.16. The van der Waals surface area contributed by atoms with Gasteiger partial charge in [0.15, 0.2) is 0 Å². The third-order valence-corrected chi connectivity index (χ3v) is 5.93. The molecule has 106 valence electrons. The highest BCUT2D eigenvalue weighted by Gasteiger charge is 2.25. The third-order valence-electron chi connectivity index (χ3n) is 4.27. The van der Waals surface area contributed by atoms with Crippen molar-refractivity contribution in [3.8, 4) is 0 Å². The van der Waals surface area contributed by atoms with Crippen molar-refractivity contribution in [2.24, 2.45) is 17.6 Å². The van der Waals surface area contributed by atoms with Crippen molar-refractivity contribution in [3.63, 3.8) is 0 Å². The van der Waals surface area contributed by atoms with Crippen LogP contribution in [0.15, 0.2) is 29.2 Å². The Balaban J connectivity index is 1.84. The molecule has 1 saturated carbocycles. The molecule has 0 bridgehead atoms. The number of halogens is 1. The van der Waals surface area contributed by atoms with E-state index < -0.39 is 0 Å². The largest absolute Gasteiger partial charge is 0.327 e. The van der Waals surface area contributed by atoms with E-state index in [2.05, 4.69) is 13.0 Å². The molecule has 1 aromatic rings. The van der Waals surface area contributed by atoms with Crippen LogP contribution in [-0.2, 0) is 0 Å². The molecule has 3 heteroatoms. The molecule has 0 spiro atoms. The lowest BCUT2D eigenvalue weighted by molar-refractivity contribution is 0.238. The summed E-state index contributed by atoms with van der Waals surface area (Å²) in [5.41, 5.74) is 6.40. The number of nitrogens with two attached hydrogens (primary N) is 1. The second kappa shape index (κ2) is 7.56. The minimum Gasteiger partial charge on any atom is -0.327 e. The normalized spacial score (nSPS) is 25.2. The molecule has 3 unspecified atom stereocenters. The van der Waals surface area contributed by atoms with E-state index in [-0.39, 0.29) is 0 Å². The summed E-state index contributed by atoms with van der Waals surface area (Å²) in [5.74, 6) is 2.58. The van der Waals surface area contributed by atoms with Crippen LogP contribution in [0.3, 0.4) is 0 Å². The zero-order valence-corrected chi connectivity index (χ0v) is 13.2. The maximum atomic E-state index is 6.40. The molecular formula is C16H24ClNS. The van der Waals surface area contributed by atoms with E-state index in [1.54, 1.807) is 11.8 Å². The van der Waals surface area contributed by atoms with E-state index >= 15 is 0 Å². The van der Waals surface area contributed by atoms with E-state index in [4.69, 9.17) is 17.3 Å². The van der Waals surface area contributed by atoms with Crippen molar-refractivity contribution in [2.45, 2.75) is 50.0 Å². The van der Waals surface area contributed by atoms with Gasteiger partial charge in [-0.25, -0.2) is 0 Å². The topological polar surface area (TPSA) is 26.0 Å². The zero-order valence-electron chi connectivity index (χ0n) is 11.6. The summed E-state index contributed by atoms with van der Waals surface area (Å²) < 4.78 is 0. The van der Waals surface area contributed by atoms with E-state index in [1.807, 2.05) is 18.2 Å².